The Kier molecular flexibility index (Phi) is 5.33. The van der Waals surface area contributed by atoms with E-state index in [1.165, 1.54) is 0 Å². The van der Waals surface area contributed by atoms with Gasteiger partial charge in [-0.05, 0) is 13.8 Å². The second kappa shape index (κ2) is 5.82. The van der Waals surface area contributed by atoms with Crippen molar-refractivity contribution in [1.82, 2.24) is 5.01 Å². The van der Waals surface area contributed by atoms with Gasteiger partial charge < -0.3 is 9.47 Å². The molecule has 11 heavy (non-hydrogen) atoms. The van der Waals surface area contributed by atoms with Gasteiger partial charge in [-0.3, -0.25) is 5.01 Å². The first-order valence-corrected chi connectivity index (χ1v) is 3.72. The summed E-state index contributed by atoms with van der Waals surface area (Å²) >= 11 is 0. The molecular weight excluding hydrogens is 144 g/mol. The van der Waals surface area contributed by atoms with E-state index in [4.69, 9.17) is 9.47 Å². The predicted molar refractivity (Wildman–Crippen MR) is 44.4 cm³/mol. The molecule has 0 aromatic heterocycles. The summed E-state index contributed by atoms with van der Waals surface area (Å²) in [6.45, 7) is 4.94. The molecule has 66 valence electrons. The third kappa shape index (κ3) is 5.51. The molecule has 4 heteroatoms. The van der Waals surface area contributed by atoms with Crippen LogP contribution in [0.5, 0.6) is 0 Å². The van der Waals surface area contributed by atoms with E-state index in [-0.39, 0.29) is 0 Å². The van der Waals surface area contributed by atoms with Crippen molar-refractivity contribution in [3.63, 3.8) is 0 Å². The minimum Gasteiger partial charge on any atom is -0.450 e. The van der Waals surface area contributed by atoms with E-state index < -0.39 is 0 Å². The lowest BCUT2D eigenvalue weighted by molar-refractivity contribution is 0.168. The Bertz CT molecular complexity index is 116. The Labute approximate surface area is 67.8 Å². The van der Waals surface area contributed by atoms with Gasteiger partial charge >= 0.3 is 6.08 Å². The van der Waals surface area contributed by atoms with Gasteiger partial charge in [0, 0.05) is 14.1 Å². The summed E-state index contributed by atoms with van der Waals surface area (Å²) in [5.41, 5.74) is 0. The molecule has 0 amide bonds. The maximum Gasteiger partial charge on any atom is 0.405 e. The fraction of sp³-hybridized carbons (Fsp3) is 0.857. The average molecular weight is 160 g/mol. The summed E-state index contributed by atoms with van der Waals surface area (Å²) in [5.74, 6) is 0. The highest BCUT2D eigenvalue weighted by Gasteiger charge is 1.98. The van der Waals surface area contributed by atoms with E-state index in [1.54, 1.807) is 5.01 Å². The fourth-order valence-corrected chi connectivity index (χ4v) is 0.510. The Morgan fingerprint density at radius 3 is 1.91 bits per heavy atom. The third-order valence-corrected chi connectivity index (χ3v) is 0.817. The maximum absolute atomic E-state index is 5.08. The van der Waals surface area contributed by atoms with Crippen molar-refractivity contribution < 1.29 is 9.47 Å². The van der Waals surface area contributed by atoms with Crippen molar-refractivity contribution in [3.8, 4) is 0 Å². The van der Waals surface area contributed by atoms with Crippen LogP contribution in [-0.4, -0.2) is 38.4 Å². The molecule has 0 atom stereocenters. The molecule has 0 fully saturated rings. The highest BCUT2D eigenvalue weighted by Crippen LogP contribution is 1.88. The molecule has 0 aliphatic rings. The number of nitrogens with zero attached hydrogens (tertiary/aromatic N) is 2. The van der Waals surface area contributed by atoms with Crippen LogP contribution < -0.4 is 0 Å². The van der Waals surface area contributed by atoms with Gasteiger partial charge in [0.25, 0.3) is 0 Å². The molecule has 0 spiro atoms. The van der Waals surface area contributed by atoms with Crippen LogP contribution in [0, 0.1) is 0 Å². The topological polar surface area (TPSA) is 34.1 Å². The van der Waals surface area contributed by atoms with Crippen LogP contribution in [0.3, 0.4) is 0 Å². The second-order valence-electron chi connectivity index (χ2n) is 2.08. The lowest BCUT2D eigenvalue weighted by Gasteiger charge is -2.09. The molecule has 0 saturated carbocycles. The lowest BCUT2D eigenvalue weighted by atomic mass is 10.8. The zero-order valence-corrected chi connectivity index (χ0v) is 7.63. The van der Waals surface area contributed by atoms with Crippen LogP contribution in [0.25, 0.3) is 0 Å². The molecule has 0 aliphatic heterocycles. The standard InChI is InChI=1S/C7H16N2O2/c1-5-10-7(11-6-2)8-9(3)4/h5-6H2,1-4H3. The Hall–Kier alpha value is -0.930. The predicted octanol–water partition coefficient (Wildman–Crippen LogP) is 0.892. The molecule has 0 unspecified atom stereocenters. The quantitative estimate of drug-likeness (QED) is 0.349. The van der Waals surface area contributed by atoms with E-state index in [0.29, 0.717) is 19.3 Å². The van der Waals surface area contributed by atoms with Gasteiger partial charge in [-0.25, -0.2) is 0 Å². The summed E-state index contributed by atoms with van der Waals surface area (Å²) in [6, 6.07) is 0. The van der Waals surface area contributed by atoms with E-state index >= 15 is 0 Å². The summed E-state index contributed by atoms with van der Waals surface area (Å²) in [6.07, 6.45) is 0.333. The van der Waals surface area contributed by atoms with Crippen molar-refractivity contribution in [2.45, 2.75) is 13.8 Å². The van der Waals surface area contributed by atoms with E-state index in [1.807, 2.05) is 27.9 Å². The molecule has 0 radical (unpaired) electrons. The van der Waals surface area contributed by atoms with E-state index in [9.17, 15) is 0 Å². The molecule has 0 rings (SSSR count). The van der Waals surface area contributed by atoms with Crippen molar-refractivity contribution >= 4 is 6.08 Å². The highest BCUT2D eigenvalue weighted by molar-refractivity contribution is 5.66. The molecule has 0 bridgehead atoms. The SMILES string of the molecule is CCOC(=NN(C)C)OCC. The van der Waals surface area contributed by atoms with Crippen molar-refractivity contribution in [2.75, 3.05) is 27.3 Å². The molecule has 0 aromatic rings. The van der Waals surface area contributed by atoms with Gasteiger partial charge in [0.2, 0.25) is 0 Å². The molecule has 0 aromatic carbocycles. The third-order valence-electron chi connectivity index (χ3n) is 0.817. The maximum atomic E-state index is 5.08. The van der Waals surface area contributed by atoms with Crippen LogP contribution in [0.2, 0.25) is 0 Å². The Balaban J connectivity index is 3.86. The number of ether oxygens (including phenoxy) is 2. The smallest absolute Gasteiger partial charge is 0.405 e. The molecule has 0 saturated heterocycles. The molecule has 0 aliphatic carbocycles. The Morgan fingerprint density at radius 1 is 1.18 bits per heavy atom. The van der Waals surface area contributed by atoms with Crippen molar-refractivity contribution in [2.24, 2.45) is 5.10 Å². The summed E-state index contributed by atoms with van der Waals surface area (Å²) in [5, 5.41) is 5.60. The first-order chi connectivity index (χ1) is 5.20. The number of rotatable bonds is 3. The van der Waals surface area contributed by atoms with Crippen LogP contribution in [0.1, 0.15) is 13.8 Å². The first-order valence-electron chi connectivity index (χ1n) is 3.72. The first kappa shape index (κ1) is 10.1. The average Bonchev–Trinajstić information content (AvgIpc) is 1.87. The molecular formula is C7H16N2O2. The van der Waals surface area contributed by atoms with E-state index in [0.717, 1.165) is 0 Å². The van der Waals surface area contributed by atoms with Crippen LogP contribution in [-0.2, 0) is 9.47 Å². The van der Waals surface area contributed by atoms with Crippen molar-refractivity contribution in [3.05, 3.63) is 0 Å². The van der Waals surface area contributed by atoms with Crippen LogP contribution >= 0.6 is 0 Å². The largest absolute Gasteiger partial charge is 0.450 e. The normalized spacial score (nSPS) is 8.73. The molecule has 0 heterocycles. The summed E-state index contributed by atoms with van der Waals surface area (Å²) in [4.78, 5) is 0. The summed E-state index contributed by atoms with van der Waals surface area (Å²) in [7, 11) is 3.64. The minimum atomic E-state index is 0.333. The van der Waals surface area contributed by atoms with Gasteiger partial charge in [0.05, 0.1) is 13.2 Å². The number of hydrazone groups is 1. The fourth-order valence-electron chi connectivity index (χ4n) is 0.510. The van der Waals surface area contributed by atoms with Crippen molar-refractivity contribution in [1.29, 1.82) is 0 Å². The molecule has 4 nitrogen and oxygen atoms in total. The zero-order valence-electron chi connectivity index (χ0n) is 7.63. The van der Waals surface area contributed by atoms with Gasteiger partial charge in [0.1, 0.15) is 0 Å². The molecule has 0 N–H and O–H groups in total. The number of hydrogen-bond donors (Lipinski definition) is 0. The summed E-state index contributed by atoms with van der Waals surface area (Å²) < 4.78 is 10.2. The van der Waals surface area contributed by atoms with Gasteiger partial charge in [0.15, 0.2) is 0 Å². The highest BCUT2D eigenvalue weighted by atomic mass is 16.7. The second-order valence-corrected chi connectivity index (χ2v) is 2.08. The van der Waals surface area contributed by atoms with Crippen LogP contribution in [0.4, 0.5) is 0 Å². The monoisotopic (exact) mass is 160 g/mol. The number of hydrogen-bond acceptors (Lipinski definition) is 4. The van der Waals surface area contributed by atoms with Gasteiger partial charge in [-0.1, -0.05) is 0 Å². The zero-order chi connectivity index (χ0) is 8.69. The lowest BCUT2D eigenvalue weighted by Crippen LogP contribution is -2.15. The van der Waals surface area contributed by atoms with Gasteiger partial charge in [-0.2, -0.15) is 0 Å². The minimum absolute atomic E-state index is 0.333. The van der Waals surface area contributed by atoms with Gasteiger partial charge in [-0.15, -0.1) is 5.10 Å². The van der Waals surface area contributed by atoms with E-state index in [2.05, 4.69) is 5.10 Å². The van der Waals surface area contributed by atoms with Crippen LogP contribution in [0.15, 0.2) is 5.10 Å². The Morgan fingerprint density at radius 2 is 1.64 bits per heavy atom.